The molecule has 0 spiro atoms. The molecule has 0 aliphatic heterocycles. The van der Waals surface area contributed by atoms with E-state index in [-0.39, 0.29) is 17.7 Å². The van der Waals surface area contributed by atoms with Gasteiger partial charge in [0.05, 0.1) is 16.8 Å². The van der Waals surface area contributed by atoms with Crippen molar-refractivity contribution < 1.29 is 13.5 Å². The Morgan fingerprint density at radius 3 is 2.62 bits per heavy atom. The van der Waals surface area contributed by atoms with Crippen LogP contribution in [0.25, 0.3) is 0 Å². The van der Waals surface area contributed by atoms with Gasteiger partial charge >= 0.3 is 0 Å². The molecule has 2 rings (SSSR count). The van der Waals surface area contributed by atoms with Gasteiger partial charge in [0.25, 0.3) is 0 Å². The van der Waals surface area contributed by atoms with Crippen molar-refractivity contribution in [1.82, 2.24) is 0 Å². The number of benzene rings is 2. The minimum Gasteiger partial charge on any atom is -0.492 e. The van der Waals surface area contributed by atoms with Crippen LogP contribution in [0.1, 0.15) is 25.5 Å². The summed E-state index contributed by atoms with van der Waals surface area (Å²) in [7, 11) is 0. The summed E-state index contributed by atoms with van der Waals surface area (Å²) in [5.41, 5.74) is 1.61. The zero-order valence-corrected chi connectivity index (χ0v) is 13.4. The van der Waals surface area contributed by atoms with Crippen molar-refractivity contribution in [2.24, 2.45) is 0 Å². The molecule has 0 saturated carbocycles. The zero-order valence-electron chi connectivity index (χ0n) is 11.8. The summed E-state index contributed by atoms with van der Waals surface area (Å²) in [5.74, 6) is -0.186. The molecule has 2 nitrogen and oxygen atoms in total. The Morgan fingerprint density at radius 2 is 1.95 bits per heavy atom. The monoisotopic (exact) mass is 355 g/mol. The number of hydrogen-bond acceptors (Lipinski definition) is 2. The molecule has 0 fully saturated rings. The SMILES string of the molecule is CCOc1cc(F)ccc1NC(C)c1ccc(F)c(Br)c1. The van der Waals surface area contributed by atoms with Crippen LogP contribution in [0.15, 0.2) is 40.9 Å². The van der Waals surface area contributed by atoms with Crippen molar-refractivity contribution >= 4 is 21.6 Å². The predicted molar refractivity (Wildman–Crippen MR) is 83.7 cm³/mol. The van der Waals surface area contributed by atoms with Crippen LogP contribution in [0.2, 0.25) is 0 Å². The second-order valence-corrected chi connectivity index (χ2v) is 5.47. The Kier molecular flexibility index (Phi) is 5.17. The maximum absolute atomic E-state index is 13.3. The van der Waals surface area contributed by atoms with Gasteiger partial charge in [-0.3, -0.25) is 0 Å². The second-order valence-electron chi connectivity index (χ2n) is 4.61. The molecule has 21 heavy (non-hydrogen) atoms. The Bertz CT molecular complexity index is 634. The third kappa shape index (κ3) is 3.94. The van der Waals surface area contributed by atoms with E-state index in [0.717, 1.165) is 5.56 Å². The number of ether oxygens (including phenoxy) is 1. The molecule has 0 bridgehead atoms. The first kappa shape index (κ1) is 15.8. The molecule has 0 saturated heterocycles. The molecule has 0 aromatic heterocycles. The van der Waals surface area contributed by atoms with Gasteiger partial charge in [0.15, 0.2) is 0 Å². The van der Waals surface area contributed by atoms with Gasteiger partial charge in [-0.05, 0) is 59.6 Å². The number of nitrogens with one attached hydrogen (secondary N) is 1. The van der Waals surface area contributed by atoms with Crippen LogP contribution in [0.3, 0.4) is 0 Å². The molecule has 0 heterocycles. The van der Waals surface area contributed by atoms with Crippen molar-refractivity contribution in [2.45, 2.75) is 19.9 Å². The summed E-state index contributed by atoms with van der Waals surface area (Å²) in [6.07, 6.45) is 0. The van der Waals surface area contributed by atoms with Gasteiger partial charge in [-0.25, -0.2) is 8.78 Å². The number of anilines is 1. The van der Waals surface area contributed by atoms with E-state index >= 15 is 0 Å². The third-order valence-corrected chi connectivity index (χ3v) is 3.67. The minimum absolute atomic E-state index is 0.0773. The molecule has 5 heteroatoms. The van der Waals surface area contributed by atoms with E-state index in [9.17, 15) is 8.78 Å². The fourth-order valence-corrected chi connectivity index (χ4v) is 2.39. The third-order valence-electron chi connectivity index (χ3n) is 3.06. The van der Waals surface area contributed by atoms with Crippen molar-refractivity contribution in [3.8, 4) is 5.75 Å². The highest BCUT2D eigenvalue weighted by atomic mass is 79.9. The summed E-state index contributed by atoms with van der Waals surface area (Å²) in [6, 6.07) is 9.11. The largest absolute Gasteiger partial charge is 0.492 e. The lowest BCUT2D eigenvalue weighted by molar-refractivity contribution is 0.339. The average molecular weight is 356 g/mol. The first-order valence-corrected chi connectivity index (χ1v) is 7.44. The first-order valence-electron chi connectivity index (χ1n) is 6.65. The van der Waals surface area contributed by atoms with Gasteiger partial charge in [0.2, 0.25) is 0 Å². The molecule has 112 valence electrons. The Balaban J connectivity index is 2.22. The van der Waals surface area contributed by atoms with E-state index in [1.807, 2.05) is 13.8 Å². The summed E-state index contributed by atoms with van der Waals surface area (Å²) in [5, 5.41) is 3.25. The molecular formula is C16H16BrF2NO. The molecule has 2 aromatic rings. The summed E-state index contributed by atoms with van der Waals surface area (Å²) >= 11 is 3.17. The Morgan fingerprint density at radius 1 is 1.19 bits per heavy atom. The first-order chi connectivity index (χ1) is 10.0. The highest BCUT2D eigenvalue weighted by Gasteiger charge is 2.11. The highest BCUT2D eigenvalue weighted by Crippen LogP contribution is 2.30. The standard InChI is InChI=1S/C16H16BrF2NO/c1-3-21-16-9-12(18)5-7-15(16)20-10(2)11-4-6-14(19)13(17)8-11/h4-10,20H,3H2,1-2H3. The van der Waals surface area contributed by atoms with Crippen LogP contribution in [0, 0.1) is 11.6 Å². The van der Waals surface area contributed by atoms with Gasteiger partial charge in [-0.15, -0.1) is 0 Å². The quantitative estimate of drug-likeness (QED) is 0.785. The molecule has 1 atom stereocenters. The van der Waals surface area contributed by atoms with Gasteiger partial charge in [0, 0.05) is 12.1 Å². The lowest BCUT2D eigenvalue weighted by atomic mass is 10.1. The number of rotatable bonds is 5. The number of hydrogen-bond donors (Lipinski definition) is 1. The summed E-state index contributed by atoms with van der Waals surface area (Å²) < 4.78 is 32.4. The zero-order chi connectivity index (χ0) is 15.4. The number of halogens is 3. The topological polar surface area (TPSA) is 21.3 Å². The fourth-order valence-electron chi connectivity index (χ4n) is 1.99. The van der Waals surface area contributed by atoms with Gasteiger partial charge in [0.1, 0.15) is 17.4 Å². The molecule has 0 radical (unpaired) electrons. The Hall–Kier alpha value is -1.62. The van der Waals surface area contributed by atoms with Crippen LogP contribution in [-0.4, -0.2) is 6.61 Å². The fraction of sp³-hybridized carbons (Fsp3) is 0.250. The maximum Gasteiger partial charge on any atom is 0.145 e. The van der Waals surface area contributed by atoms with Gasteiger partial charge < -0.3 is 10.1 Å². The van der Waals surface area contributed by atoms with Gasteiger partial charge in [-0.2, -0.15) is 0 Å². The molecule has 0 amide bonds. The molecular weight excluding hydrogens is 340 g/mol. The average Bonchev–Trinajstić information content (AvgIpc) is 2.45. The smallest absolute Gasteiger partial charge is 0.145 e. The predicted octanol–water partition coefficient (Wildman–Crippen LogP) is 5.30. The van der Waals surface area contributed by atoms with E-state index in [1.165, 1.54) is 18.2 Å². The molecule has 0 aliphatic carbocycles. The molecule has 1 N–H and O–H groups in total. The van der Waals surface area contributed by atoms with E-state index in [4.69, 9.17) is 4.74 Å². The van der Waals surface area contributed by atoms with E-state index in [0.29, 0.717) is 22.5 Å². The van der Waals surface area contributed by atoms with Crippen LogP contribution in [0.5, 0.6) is 5.75 Å². The lowest BCUT2D eigenvalue weighted by Crippen LogP contribution is -2.08. The summed E-state index contributed by atoms with van der Waals surface area (Å²) in [6.45, 7) is 4.24. The Labute approximate surface area is 131 Å². The highest BCUT2D eigenvalue weighted by molar-refractivity contribution is 9.10. The maximum atomic E-state index is 13.3. The van der Waals surface area contributed by atoms with Crippen molar-refractivity contribution in [2.75, 3.05) is 11.9 Å². The van der Waals surface area contributed by atoms with E-state index in [2.05, 4.69) is 21.2 Å². The van der Waals surface area contributed by atoms with E-state index < -0.39 is 0 Å². The molecule has 2 aromatic carbocycles. The van der Waals surface area contributed by atoms with Crippen LogP contribution < -0.4 is 10.1 Å². The van der Waals surface area contributed by atoms with Crippen LogP contribution in [0.4, 0.5) is 14.5 Å². The van der Waals surface area contributed by atoms with Crippen molar-refractivity contribution in [3.05, 3.63) is 58.1 Å². The second kappa shape index (κ2) is 6.89. The summed E-state index contributed by atoms with van der Waals surface area (Å²) in [4.78, 5) is 0. The van der Waals surface area contributed by atoms with Crippen LogP contribution in [-0.2, 0) is 0 Å². The lowest BCUT2D eigenvalue weighted by Gasteiger charge is -2.19. The van der Waals surface area contributed by atoms with Crippen LogP contribution >= 0.6 is 15.9 Å². The van der Waals surface area contributed by atoms with Crippen molar-refractivity contribution in [3.63, 3.8) is 0 Å². The van der Waals surface area contributed by atoms with E-state index in [1.54, 1.807) is 18.2 Å². The molecule has 1 unspecified atom stereocenters. The van der Waals surface area contributed by atoms with Crippen molar-refractivity contribution in [1.29, 1.82) is 0 Å². The van der Waals surface area contributed by atoms with Gasteiger partial charge in [-0.1, -0.05) is 6.07 Å². The molecule has 0 aliphatic rings. The minimum atomic E-state index is -0.346. The normalized spacial score (nSPS) is 12.0.